The third kappa shape index (κ3) is 5.06. The van der Waals surface area contributed by atoms with E-state index in [9.17, 15) is 18.0 Å². The van der Waals surface area contributed by atoms with Gasteiger partial charge in [0.15, 0.2) is 0 Å². The largest absolute Gasteiger partial charge is 0.364 e. The van der Waals surface area contributed by atoms with Crippen LogP contribution in [0, 0.1) is 5.92 Å². The molecule has 8 nitrogen and oxygen atoms in total. The summed E-state index contributed by atoms with van der Waals surface area (Å²) in [6, 6.07) is 6.41. The summed E-state index contributed by atoms with van der Waals surface area (Å²) in [5.74, 6) is -1.03. The Balaban J connectivity index is 1.63. The Morgan fingerprint density at radius 3 is 2.39 bits per heavy atom. The summed E-state index contributed by atoms with van der Waals surface area (Å²) in [5.41, 5.74) is 6.18. The van der Waals surface area contributed by atoms with Crippen LogP contribution in [0.3, 0.4) is 0 Å². The highest BCUT2D eigenvalue weighted by atomic mass is 35.5. The van der Waals surface area contributed by atoms with Crippen molar-refractivity contribution in [3.63, 3.8) is 0 Å². The van der Waals surface area contributed by atoms with Crippen LogP contribution < -0.4 is 5.73 Å². The number of piperidine rings is 1. The molecular formula is C20H24Cl2N4O4S. The Hall–Kier alpha value is -2.07. The zero-order valence-electron chi connectivity index (χ0n) is 17.2. The molecule has 0 aliphatic carbocycles. The topological polar surface area (TPSA) is 106 Å². The predicted molar refractivity (Wildman–Crippen MR) is 118 cm³/mol. The van der Waals surface area contributed by atoms with Gasteiger partial charge in [0.2, 0.25) is 15.9 Å². The van der Waals surface area contributed by atoms with E-state index < -0.39 is 15.9 Å². The number of amides is 2. The minimum absolute atomic E-state index is 0.0167. The number of hydrogen-bond acceptors (Lipinski definition) is 4. The molecule has 2 aromatic rings. The summed E-state index contributed by atoms with van der Waals surface area (Å²) in [6.07, 6.45) is 2.19. The zero-order chi connectivity index (χ0) is 22.9. The average Bonchev–Trinajstić information content (AvgIpc) is 3.12. The van der Waals surface area contributed by atoms with Crippen molar-refractivity contribution >= 4 is 45.0 Å². The molecule has 0 spiro atoms. The fourth-order valence-electron chi connectivity index (χ4n) is 3.71. The fourth-order valence-corrected chi connectivity index (χ4v) is 5.72. The normalized spacial score (nSPS) is 15.7. The number of rotatable bonds is 6. The number of nitrogens with zero attached hydrogens (tertiary/aromatic N) is 3. The van der Waals surface area contributed by atoms with Gasteiger partial charge in [-0.3, -0.25) is 9.59 Å². The Morgan fingerprint density at radius 1 is 1.19 bits per heavy atom. The van der Waals surface area contributed by atoms with Gasteiger partial charge in [-0.2, -0.15) is 4.31 Å². The fraction of sp³-hybridized carbons (Fsp3) is 0.400. The number of nitrogens with two attached hydrogens (primary N) is 1. The van der Waals surface area contributed by atoms with Crippen molar-refractivity contribution < 1.29 is 18.0 Å². The number of aryl methyl sites for hydroxylation is 1. The van der Waals surface area contributed by atoms with E-state index >= 15 is 0 Å². The summed E-state index contributed by atoms with van der Waals surface area (Å²) >= 11 is 12.1. The van der Waals surface area contributed by atoms with Gasteiger partial charge in [0.25, 0.3) is 5.91 Å². The average molecular weight is 487 g/mol. The smallest absolute Gasteiger partial charge is 0.265 e. The molecule has 1 fully saturated rings. The van der Waals surface area contributed by atoms with Crippen LogP contribution in [0.25, 0.3) is 0 Å². The van der Waals surface area contributed by atoms with Crippen LogP contribution in [0.5, 0.6) is 0 Å². The highest BCUT2D eigenvalue weighted by Gasteiger charge is 2.34. The Morgan fingerprint density at radius 2 is 1.84 bits per heavy atom. The van der Waals surface area contributed by atoms with Crippen LogP contribution in [-0.2, 0) is 28.4 Å². The van der Waals surface area contributed by atoms with Crippen LogP contribution in [0.4, 0.5) is 0 Å². The van der Waals surface area contributed by atoms with Crippen LogP contribution >= 0.6 is 23.2 Å². The van der Waals surface area contributed by atoms with Crippen molar-refractivity contribution in [1.29, 1.82) is 0 Å². The van der Waals surface area contributed by atoms with Crippen molar-refractivity contribution in [2.75, 3.05) is 20.1 Å². The highest BCUT2D eigenvalue weighted by Crippen LogP contribution is 2.27. The third-order valence-corrected chi connectivity index (χ3v) is 7.92. The molecule has 31 heavy (non-hydrogen) atoms. The van der Waals surface area contributed by atoms with Gasteiger partial charge in [0.1, 0.15) is 10.6 Å². The van der Waals surface area contributed by atoms with Gasteiger partial charge in [-0.1, -0.05) is 29.3 Å². The molecule has 1 aliphatic heterocycles. The van der Waals surface area contributed by atoms with Crippen molar-refractivity contribution in [1.82, 2.24) is 13.8 Å². The van der Waals surface area contributed by atoms with E-state index in [0.29, 0.717) is 29.4 Å². The number of aromatic nitrogens is 1. The first-order chi connectivity index (χ1) is 14.5. The van der Waals surface area contributed by atoms with Crippen LogP contribution in [0.15, 0.2) is 35.4 Å². The van der Waals surface area contributed by atoms with Crippen molar-refractivity contribution in [3.05, 3.63) is 51.8 Å². The Kier molecular flexibility index (Phi) is 7.00. The minimum atomic E-state index is -3.77. The first-order valence-electron chi connectivity index (χ1n) is 9.66. The monoisotopic (exact) mass is 486 g/mol. The Labute approximate surface area is 191 Å². The summed E-state index contributed by atoms with van der Waals surface area (Å²) < 4.78 is 28.6. The molecule has 0 atom stereocenters. The van der Waals surface area contributed by atoms with E-state index in [1.165, 1.54) is 21.1 Å². The van der Waals surface area contributed by atoms with E-state index in [4.69, 9.17) is 28.9 Å². The summed E-state index contributed by atoms with van der Waals surface area (Å²) in [7, 11) is -0.513. The van der Waals surface area contributed by atoms with E-state index in [-0.39, 0.29) is 35.5 Å². The van der Waals surface area contributed by atoms with Gasteiger partial charge in [0, 0.05) is 55.9 Å². The molecule has 2 heterocycles. The minimum Gasteiger partial charge on any atom is -0.364 e. The number of carbonyl (C=O) groups excluding carboxylic acids is 2. The second-order valence-corrected chi connectivity index (χ2v) is 10.4. The van der Waals surface area contributed by atoms with Gasteiger partial charge in [-0.15, -0.1) is 0 Å². The first-order valence-corrected chi connectivity index (χ1v) is 11.9. The van der Waals surface area contributed by atoms with Crippen molar-refractivity contribution in [2.45, 2.75) is 24.3 Å². The molecule has 0 bridgehead atoms. The lowest BCUT2D eigenvalue weighted by Gasteiger charge is -2.32. The van der Waals surface area contributed by atoms with Crippen molar-refractivity contribution in [2.24, 2.45) is 18.7 Å². The molecule has 0 saturated carbocycles. The van der Waals surface area contributed by atoms with Gasteiger partial charge in [0.05, 0.1) is 0 Å². The highest BCUT2D eigenvalue weighted by molar-refractivity contribution is 7.89. The van der Waals surface area contributed by atoms with Gasteiger partial charge < -0.3 is 15.2 Å². The molecule has 168 valence electrons. The van der Waals surface area contributed by atoms with E-state index in [1.807, 2.05) is 0 Å². The molecule has 2 N–H and O–H groups in total. The molecule has 3 rings (SSSR count). The van der Waals surface area contributed by atoms with Gasteiger partial charge in [-0.25, -0.2) is 8.42 Å². The number of sulfonamides is 1. The maximum atomic E-state index is 12.9. The zero-order valence-corrected chi connectivity index (χ0v) is 19.5. The summed E-state index contributed by atoms with van der Waals surface area (Å²) in [6.45, 7) is 0.775. The SMILES string of the molecule is CN(Cc1ccc(Cl)cc1Cl)C(=O)C1CCN(S(=O)(=O)c2cc(C(N)=O)n(C)c2)CC1. The number of primary amides is 1. The molecule has 0 unspecified atom stereocenters. The lowest BCUT2D eigenvalue weighted by atomic mass is 9.96. The van der Waals surface area contributed by atoms with Crippen LogP contribution in [0.2, 0.25) is 10.0 Å². The Bertz CT molecular complexity index is 1110. The van der Waals surface area contributed by atoms with Gasteiger partial charge in [-0.05, 0) is 36.6 Å². The number of carbonyl (C=O) groups is 2. The number of halogens is 2. The van der Waals surface area contributed by atoms with Crippen molar-refractivity contribution in [3.8, 4) is 0 Å². The molecule has 2 amide bonds. The van der Waals surface area contributed by atoms with E-state index in [2.05, 4.69) is 0 Å². The van der Waals surface area contributed by atoms with Gasteiger partial charge >= 0.3 is 0 Å². The maximum Gasteiger partial charge on any atom is 0.265 e. The summed E-state index contributed by atoms with van der Waals surface area (Å²) in [4.78, 5) is 25.9. The van der Waals surface area contributed by atoms with Crippen LogP contribution in [0.1, 0.15) is 28.9 Å². The second kappa shape index (κ2) is 9.20. The van der Waals surface area contributed by atoms with E-state index in [1.54, 1.807) is 37.2 Å². The lowest BCUT2D eigenvalue weighted by Crippen LogP contribution is -2.43. The molecule has 11 heteroatoms. The quantitative estimate of drug-likeness (QED) is 0.676. The number of hydrogen-bond donors (Lipinski definition) is 1. The second-order valence-electron chi connectivity index (χ2n) is 7.64. The third-order valence-electron chi connectivity index (χ3n) is 5.47. The summed E-state index contributed by atoms with van der Waals surface area (Å²) in [5, 5.41) is 1.02. The van der Waals surface area contributed by atoms with Crippen LogP contribution in [-0.4, -0.2) is 54.1 Å². The molecule has 1 aromatic heterocycles. The number of benzene rings is 1. The van der Waals surface area contributed by atoms with E-state index in [0.717, 1.165) is 5.56 Å². The molecule has 1 aliphatic rings. The first kappa shape index (κ1) is 23.6. The molecule has 1 aromatic carbocycles. The lowest BCUT2D eigenvalue weighted by molar-refractivity contribution is -0.135. The predicted octanol–water partition coefficient (Wildman–Crippen LogP) is 2.49. The molecule has 0 radical (unpaired) electrons. The standard InChI is InChI=1S/C20H24Cl2N4O4S/c1-24-12-16(10-18(24)19(23)27)31(29,30)26-7-5-13(6-8-26)20(28)25(2)11-14-3-4-15(21)9-17(14)22/h3-4,9-10,12-13H,5-8,11H2,1-2H3,(H2,23,27). The molecular weight excluding hydrogens is 463 g/mol. The maximum absolute atomic E-state index is 12.9. The molecule has 1 saturated heterocycles.